The summed E-state index contributed by atoms with van der Waals surface area (Å²) in [7, 11) is 0. The minimum atomic E-state index is -2.86. The molecule has 2 aromatic heterocycles. The molecule has 0 aliphatic carbocycles. The molecule has 0 bridgehead atoms. The third kappa shape index (κ3) is 4.16. The number of hydrogen-bond acceptors (Lipinski definition) is 8. The summed E-state index contributed by atoms with van der Waals surface area (Å²) < 4.78 is 30.3. The largest absolute Gasteiger partial charge is 0.415 e. The zero-order chi connectivity index (χ0) is 24.7. The average molecular weight is 482 g/mol. The van der Waals surface area contributed by atoms with E-state index in [0.29, 0.717) is 22.4 Å². The molecule has 0 saturated carbocycles. The van der Waals surface area contributed by atoms with Gasteiger partial charge in [-0.25, -0.2) is 0 Å². The molecule has 1 saturated heterocycles. The third-order valence-electron chi connectivity index (χ3n) is 6.43. The molecule has 1 aromatic carbocycles. The Labute approximate surface area is 200 Å². The number of fused-ring (bicyclic) bond motifs is 1. The van der Waals surface area contributed by atoms with E-state index in [1.54, 1.807) is 18.2 Å². The number of piperazine rings is 1. The van der Waals surface area contributed by atoms with E-state index in [9.17, 15) is 18.4 Å². The SMILES string of the molecule is CC1(C)C(=O)N(Cc2ccc(-c3nnc(C(F)F)o3)cn2)C(=O)c2ccc(N3CCNCC3)cc21. The fourth-order valence-corrected chi connectivity index (χ4v) is 4.44. The predicted octanol–water partition coefficient (Wildman–Crippen LogP) is 2.94. The summed E-state index contributed by atoms with van der Waals surface area (Å²) in [6, 6.07) is 8.85. The van der Waals surface area contributed by atoms with E-state index >= 15 is 0 Å². The van der Waals surface area contributed by atoms with Gasteiger partial charge in [0.1, 0.15) is 0 Å². The second kappa shape index (κ2) is 8.81. The van der Waals surface area contributed by atoms with Crippen LogP contribution in [0.5, 0.6) is 0 Å². The fraction of sp³-hybridized carbons (Fsp3) is 0.375. The normalized spacial score (nSPS) is 17.7. The van der Waals surface area contributed by atoms with E-state index in [1.807, 2.05) is 26.0 Å². The Balaban J connectivity index is 1.38. The molecule has 1 N–H and O–H groups in total. The molecule has 2 aliphatic rings. The van der Waals surface area contributed by atoms with Crippen LogP contribution in [0, 0.1) is 0 Å². The molecule has 9 nitrogen and oxygen atoms in total. The first-order valence-corrected chi connectivity index (χ1v) is 11.3. The van der Waals surface area contributed by atoms with E-state index in [-0.39, 0.29) is 24.2 Å². The first-order chi connectivity index (χ1) is 16.8. The Kier molecular flexibility index (Phi) is 5.79. The number of pyridine rings is 1. The van der Waals surface area contributed by atoms with Gasteiger partial charge in [-0.15, -0.1) is 10.2 Å². The number of alkyl halides is 2. The van der Waals surface area contributed by atoms with E-state index in [0.717, 1.165) is 31.9 Å². The van der Waals surface area contributed by atoms with Crippen molar-refractivity contribution in [3.8, 4) is 11.5 Å². The fourth-order valence-electron chi connectivity index (χ4n) is 4.44. The highest BCUT2D eigenvalue weighted by Gasteiger charge is 2.44. The van der Waals surface area contributed by atoms with Gasteiger partial charge in [-0.05, 0) is 49.7 Å². The number of halogens is 2. The molecule has 5 rings (SSSR count). The summed E-state index contributed by atoms with van der Waals surface area (Å²) in [6.07, 6.45) is -1.48. The van der Waals surface area contributed by atoms with Gasteiger partial charge in [-0.2, -0.15) is 8.78 Å². The van der Waals surface area contributed by atoms with Gasteiger partial charge < -0.3 is 14.6 Å². The number of aromatic nitrogens is 3. The number of imide groups is 1. The molecule has 11 heteroatoms. The van der Waals surface area contributed by atoms with Gasteiger partial charge in [0.15, 0.2) is 0 Å². The molecule has 0 spiro atoms. The number of nitrogens with zero attached hydrogens (tertiary/aromatic N) is 5. The number of rotatable bonds is 5. The number of benzene rings is 1. The van der Waals surface area contributed by atoms with Gasteiger partial charge in [-0.1, -0.05) is 0 Å². The van der Waals surface area contributed by atoms with Crippen LogP contribution in [-0.2, 0) is 16.8 Å². The summed E-state index contributed by atoms with van der Waals surface area (Å²) in [6.45, 7) is 7.12. The van der Waals surface area contributed by atoms with Crippen LogP contribution < -0.4 is 10.2 Å². The minimum absolute atomic E-state index is 0.0213. The summed E-state index contributed by atoms with van der Waals surface area (Å²) in [5, 5.41) is 10.2. The van der Waals surface area contributed by atoms with Gasteiger partial charge in [0.2, 0.25) is 11.8 Å². The molecule has 0 unspecified atom stereocenters. The Hall–Kier alpha value is -3.73. The Morgan fingerprint density at radius 1 is 1.11 bits per heavy atom. The molecule has 2 aliphatic heterocycles. The number of carbonyl (C=O) groups excluding carboxylic acids is 2. The molecule has 4 heterocycles. The van der Waals surface area contributed by atoms with Crippen LogP contribution in [0.15, 0.2) is 40.9 Å². The van der Waals surface area contributed by atoms with E-state index in [4.69, 9.17) is 4.42 Å². The van der Waals surface area contributed by atoms with Crippen molar-refractivity contribution in [3.63, 3.8) is 0 Å². The van der Waals surface area contributed by atoms with Crippen molar-refractivity contribution >= 4 is 17.5 Å². The van der Waals surface area contributed by atoms with Gasteiger partial charge in [0, 0.05) is 43.6 Å². The van der Waals surface area contributed by atoms with Gasteiger partial charge in [-0.3, -0.25) is 19.5 Å². The Bertz CT molecular complexity index is 1270. The van der Waals surface area contributed by atoms with Crippen molar-refractivity contribution in [3.05, 3.63) is 59.2 Å². The van der Waals surface area contributed by atoms with Crippen molar-refractivity contribution in [2.75, 3.05) is 31.1 Å². The summed E-state index contributed by atoms with van der Waals surface area (Å²) >= 11 is 0. The second-order valence-electron chi connectivity index (χ2n) is 9.07. The van der Waals surface area contributed by atoms with Gasteiger partial charge in [0.05, 0.1) is 23.2 Å². The molecule has 0 radical (unpaired) electrons. The highest BCUT2D eigenvalue weighted by molar-refractivity contribution is 6.13. The molecule has 182 valence electrons. The molecule has 0 atom stereocenters. The smallest absolute Gasteiger partial charge is 0.314 e. The number of nitrogens with one attached hydrogen (secondary N) is 1. The monoisotopic (exact) mass is 482 g/mol. The lowest BCUT2D eigenvalue weighted by Gasteiger charge is -2.38. The molecule has 2 amide bonds. The van der Waals surface area contributed by atoms with Gasteiger partial charge in [0.25, 0.3) is 11.8 Å². The van der Waals surface area contributed by atoms with Crippen molar-refractivity contribution in [2.45, 2.75) is 32.2 Å². The lowest BCUT2D eigenvalue weighted by Crippen LogP contribution is -2.51. The zero-order valence-electron chi connectivity index (χ0n) is 19.3. The maximum absolute atomic E-state index is 13.4. The number of hydrogen-bond donors (Lipinski definition) is 1. The lowest BCUT2D eigenvalue weighted by atomic mass is 9.77. The third-order valence-corrected chi connectivity index (χ3v) is 6.43. The van der Waals surface area contributed by atoms with Crippen molar-refractivity contribution < 1.29 is 22.8 Å². The Morgan fingerprint density at radius 2 is 1.89 bits per heavy atom. The van der Waals surface area contributed by atoms with Crippen molar-refractivity contribution in [1.82, 2.24) is 25.4 Å². The summed E-state index contributed by atoms with van der Waals surface area (Å²) in [5.74, 6) is -1.54. The molecular formula is C24H24F2N6O3. The van der Waals surface area contributed by atoms with Crippen molar-refractivity contribution in [1.29, 1.82) is 0 Å². The van der Waals surface area contributed by atoms with E-state index in [1.165, 1.54) is 11.1 Å². The first-order valence-electron chi connectivity index (χ1n) is 11.3. The van der Waals surface area contributed by atoms with Gasteiger partial charge >= 0.3 is 6.43 Å². The number of amides is 2. The quantitative estimate of drug-likeness (QED) is 0.554. The predicted molar refractivity (Wildman–Crippen MR) is 122 cm³/mol. The molecule has 3 aromatic rings. The van der Waals surface area contributed by atoms with Crippen LogP contribution in [0.3, 0.4) is 0 Å². The molecular weight excluding hydrogens is 458 g/mol. The summed E-state index contributed by atoms with van der Waals surface area (Å²) in [5.41, 5.74) is 2.13. The average Bonchev–Trinajstić information content (AvgIpc) is 3.37. The zero-order valence-corrected chi connectivity index (χ0v) is 19.3. The minimum Gasteiger partial charge on any atom is -0.415 e. The van der Waals surface area contributed by atoms with Crippen molar-refractivity contribution in [2.24, 2.45) is 0 Å². The number of anilines is 1. The first kappa shape index (κ1) is 23.0. The molecule has 1 fully saturated rings. The van der Waals surface area contributed by atoms with Crippen LogP contribution in [0.1, 0.15) is 47.8 Å². The van der Waals surface area contributed by atoms with E-state index < -0.39 is 17.7 Å². The maximum atomic E-state index is 13.4. The standard InChI is InChI=1S/C24H24F2N6O3/c1-24(2)18-11-16(31-9-7-27-8-10-31)5-6-17(18)22(33)32(23(24)34)13-15-4-3-14(12-28-15)20-29-30-21(35-20)19(25)26/h3-6,11-12,19,27H,7-10,13H2,1-2H3. The molecule has 35 heavy (non-hydrogen) atoms. The lowest BCUT2D eigenvalue weighted by molar-refractivity contribution is -0.134. The van der Waals surface area contributed by atoms with Crippen LogP contribution in [0.25, 0.3) is 11.5 Å². The van der Waals surface area contributed by atoms with Crippen LogP contribution >= 0.6 is 0 Å². The number of carbonyl (C=O) groups is 2. The summed E-state index contributed by atoms with van der Waals surface area (Å²) in [4.78, 5) is 34.5. The highest BCUT2D eigenvalue weighted by Crippen LogP contribution is 2.37. The topological polar surface area (TPSA) is 104 Å². The van der Waals surface area contributed by atoms with Crippen LogP contribution in [0.4, 0.5) is 14.5 Å². The highest BCUT2D eigenvalue weighted by atomic mass is 19.3. The second-order valence-corrected chi connectivity index (χ2v) is 9.07. The van der Waals surface area contributed by atoms with Crippen LogP contribution in [-0.4, -0.2) is 58.1 Å². The Morgan fingerprint density at radius 3 is 2.54 bits per heavy atom. The van der Waals surface area contributed by atoms with E-state index in [2.05, 4.69) is 25.4 Å². The van der Waals surface area contributed by atoms with Crippen LogP contribution in [0.2, 0.25) is 0 Å². The maximum Gasteiger partial charge on any atom is 0.314 e.